The summed E-state index contributed by atoms with van der Waals surface area (Å²) in [6, 6.07) is 20.3. The van der Waals surface area contributed by atoms with E-state index in [-0.39, 0.29) is 10.8 Å². The number of benzene rings is 2. The van der Waals surface area contributed by atoms with Crippen molar-refractivity contribution in [2.24, 2.45) is 0 Å². The maximum Gasteiger partial charge on any atom is 0.125 e. The second kappa shape index (κ2) is 5.71. The number of allylic oxidation sites excluding steroid dienone is 1. The summed E-state index contributed by atoms with van der Waals surface area (Å²) in [5.74, 6) is 2.25. The van der Waals surface area contributed by atoms with Gasteiger partial charge >= 0.3 is 0 Å². The molecule has 0 atom stereocenters. The van der Waals surface area contributed by atoms with Crippen LogP contribution in [0.4, 0.5) is 0 Å². The number of carbonyl (C=O) groups excluding carboxylic acids is 1. The number of rotatable bonds is 4. The standard InChI is InChI=1S/C20H22O/c1-19(2,16-11-7-5-8-12-16)18(15-21)20(3,4)17-13-9-6-10-14-17/h5-14H,1-4H3. The molecular weight excluding hydrogens is 256 g/mol. The lowest BCUT2D eigenvalue weighted by atomic mass is 9.65. The Morgan fingerprint density at radius 3 is 1.33 bits per heavy atom. The van der Waals surface area contributed by atoms with Crippen LogP contribution in [0.25, 0.3) is 0 Å². The molecule has 0 aliphatic carbocycles. The normalized spacial score (nSPS) is 11.8. The van der Waals surface area contributed by atoms with Crippen molar-refractivity contribution in [3.8, 4) is 0 Å². The molecule has 1 nitrogen and oxygen atoms in total. The van der Waals surface area contributed by atoms with E-state index in [2.05, 4.69) is 57.9 Å². The summed E-state index contributed by atoms with van der Waals surface area (Å²) in [7, 11) is 0. The Bertz CT molecular complexity index is 591. The van der Waals surface area contributed by atoms with E-state index in [1.54, 1.807) is 0 Å². The minimum atomic E-state index is -0.359. The van der Waals surface area contributed by atoms with Gasteiger partial charge in [-0.05, 0) is 11.1 Å². The van der Waals surface area contributed by atoms with Gasteiger partial charge in [-0.25, -0.2) is 4.79 Å². The fourth-order valence-electron chi connectivity index (χ4n) is 3.03. The molecule has 0 saturated carbocycles. The molecule has 0 N–H and O–H groups in total. The molecule has 0 heterocycles. The fraction of sp³-hybridized carbons (Fsp3) is 0.300. The monoisotopic (exact) mass is 278 g/mol. The lowest BCUT2D eigenvalue weighted by molar-refractivity contribution is 0.479. The molecule has 0 unspecified atom stereocenters. The van der Waals surface area contributed by atoms with Gasteiger partial charge in [0.2, 0.25) is 0 Å². The van der Waals surface area contributed by atoms with E-state index in [0.717, 1.165) is 16.7 Å². The fourth-order valence-corrected chi connectivity index (χ4v) is 3.03. The van der Waals surface area contributed by atoms with Gasteiger partial charge in [-0.2, -0.15) is 0 Å². The summed E-state index contributed by atoms with van der Waals surface area (Å²) >= 11 is 0. The SMILES string of the molecule is CC(C)(C(=C=O)C(C)(C)c1ccccc1)c1ccccc1. The van der Waals surface area contributed by atoms with Crippen molar-refractivity contribution in [1.29, 1.82) is 0 Å². The Hall–Kier alpha value is -2.11. The van der Waals surface area contributed by atoms with Crippen LogP contribution in [-0.4, -0.2) is 5.94 Å². The molecule has 0 aliphatic heterocycles. The summed E-state index contributed by atoms with van der Waals surface area (Å²) in [6.07, 6.45) is 0. The van der Waals surface area contributed by atoms with E-state index < -0.39 is 0 Å². The van der Waals surface area contributed by atoms with Gasteiger partial charge < -0.3 is 0 Å². The van der Waals surface area contributed by atoms with Gasteiger partial charge in [-0.15, -0.1) is 0 Å². The van der Waals surface area contributed by atoms with Crippen molar-refractivity contribution in [3.05, 3.63) is 77.4 Å². The van der Waals surface area contributed by atoms with Crippen LogP contribution in [-0.2, 0) is 15.6 Å². The molecule has 2 aromatic rings. The molecule has 2 aromatic carbocycles. The van der Waals surface area contributed by atoms with E-state index >= 15 is 0 Å². The zero-order valence-electron chi connectivity index (χ0n) is 13.2. The quantitative estimate of drug-likeness (QED) is 0.741. The van der Waals surface area contributed by atoms with Crippen molar-refractivity contribution in [2.75, 3.05) is 0 Å². The first-order valence-electron chi connectivity index (χ1n) is 7.28. The first-order valence-corrected chi connectivity index (χ1v) is 7.28. The zero-order chi connectivity index (χ0) is 15.5. The second-order valence-electron chi connectivity index (χ2n) is 6.46. The van der Waals surface area contributed by atoms with E-state index in [4.69, 9.17) is 0 Å². The van der Waals surface area contributed by atoms with Crippen LogP contribution >= 0.6 is 0 Å². The van der Waals surface area contributed by atoms with Gasteiger partial charge in [-0.1, -0.05) is 88.4 Å². The van der Waals surface area contributed by atoms with Crippen molar-refractivity contribution >= 4 is 5.94 Å². The third-order valence-corrected chi connectivity index (χ3v) is 4.34. The molecule has 0 fully saturated rings. The highest BCUT2D eigenvalue weighted by molar-refractivity contribution is 5.64. The molecule has 0 aromatic heterocycles. The molecular formula is C20H22O. The van der Waals surface area contributed by atoms with Crippen LogP contribution < -0.4 is 0 Å². The van der Waals surface area contributed by atoms with Gasteiger partial charge in [0.1, 0.15) is 5.94 Å². The Morgan fingerprint density at radius 2 is 1.05 bits per heavy atom. The van der Waals surface area contributed by atoms with Gasteiger partial charge in [0.05, 0.1) is 0 Å². The van der Waals surface area contributed by atoms with Crippen molar-refractivity contribution in [2.45, 2.75) is 38.5 Å². The average molecular weight is 278 g/mol. The molecule has 1 heteroatoms. The van der Waals surface area contributed by atoms with Crippen LogP contribution in [0.1, 0.15) is 38.8 Å². The summed E-state index contributed by atoms with van der Waals surface area (Å²) in [4.78, 5) is 11.8. The predicted octanol–water partition coefficient (Wildman–Crippen LogP) is 4.70. The molecule has 108 valence electrons. The van der Waals surface area contributed by atoms with Crippen LogP contribution in [0.15, 0.2) is 66.2 Å². The predicted molar refractivity (Wildman–Crippen MR) is 88.1 cm³/mol. The molecule has 2 rings (SSSR count). The first kappa shape index (κ1) is 15.3. The molecule has 0 bridgehead atoms. The number of hydrogen-bond donors (Lipinski definition) is 0. The minimum absolute atomic E-state index is 0.359. The van der Waals surface area contributed by atoms with Crippen LogP contribution in [0.3, 0.4) is 0 Å². The summed E-state index contributed by atoms with van der Waals surface area (Å²) < 4.78 is 0. The third-order valence-electron chi connectivity index (χ3n) is 4.34. The first-order chi connectivity index (χ1) is 9.90. The number of hydrogen-bond acceptors (Lipinski definition) is 1. The highest BCUT2D eigenvalue weighted by Gasteiger charge is 2.38. The van der Waals surface area contributed by atoms with E-state index in [1.807, 2.05) is 36.4 Å². The Balaban J connectivity index is 2.52. The molecule has 0 spiro atoms. The van der Waals surface area contributed by atoms with Crippen molar-refractivity contribution < 1.29 is 4.79 Å². The molecule has 21 heavy (non-hydrogen) atoms. The van der Waals surface area contributed by atoms with Gasteiger partial charge in [-0.3, -0.25) is 0 Å². The summed E-state index contributed by atoms with van der Waals surface area (Å²) in [5, 5.41) is 0. The van der Waals surface area contributed by atoms with Crippen LogP contribution in [0.2, 0.25) is 0 Å². The maximum atomic E-state index is 11.8. The van der Waals surface area contributed by atoms with Gasteiger partial charge in [0.25, 0.3) is 0 Å². The second-order valence-corrected chi connectivity index (χ2v) is 6.46. The Morgan fingerprint density at radius 1 is 0.714 bits per heavy atom. The van der Waals surface area contributed by atoms with Crippen LogP contribution in [0, 0.1) is 0 Å². The highest BCUT2D eigenvalue weighted by atomic mass is 16.1. The minimum Gasteiger partial charge on any atom is -0.233 e. The van der Waals surface area contributed by atoms with E-state index in [0.29, 0.717) is 0 Å². The Kier molecular flexibility index (Phi) is 4.16. The molecule has 0 radical (unpaired) electrons. The molecule has 0 saturated heterocycles. The van der Waals surface area contributed by atoms with Gasteiger partial charge in [0.15, 0.2) is 0 Å². The zero-order valence-corrected chi connectivity index (χ0v) is 13.2. The largest absolute Gasteiger partial charge is 0.233 e. The molecule has 0 aliphatic rings. The van der Waals surface area contributed by atoms with Crippen LogP contribution in [0.5, 0.6) is 0 Å². The Labute approximate surface area is 127 Å². The van der Waals surface area contributed by atoms with E-state index in [9.17, 15) is 4.79 Å². The molecule has 0 amide bonds. The van der Waals surface area contributed by atoms with Crippen molar-refractivity contribution in [1.82, 2.24) is 0 Å². The lowest BCUT2D eigenvalue weighted by Crippen LogP contribution is -2.34. The lowest BCUT2D eigenvalue weighted by Gasteiger charge is -2.37. The van der Waals surface area contributed by atoms with E-state index in [1.165, 1.54) is 0 Å². The maximum absolute atomic E-state index is 11.8. The highest BCUT2D eigenvalue weighted by Crippen LogP contribution is 2.42. The topological polar surface area (TPSA) is 17.1 Å². The summed E-state index contributed by atoms with van der Waals surface area (Å²) in [6.45, 7) is 8.36. The average Bonchev–Trinajstić information content (AvgIpc) is 2.49. The smallest absolute Gasteiger partial charge is 0.125 e. The third kappa shape index (κ3) is 2.84. The van der Waals surface area contributed by atoms with Crippen molar-refractivity contribution in [3.63, 3.8) is 0 Å². The summed E-state index contributed by atoms with van der Waals surface area (Å²) in [5.41, 5.74) is 2.32. The van der Waals surface area contributed by atoms with Gasteiger partial charge in [0, 0.05) is 16.4 Å².